The SMILES string of the molecule is O=C1OC2OC2C2CC(C3CCCC4C(=O)OC(=O)C43)CCC12. The molecular formula is C17H20O6. The number of hydrogen-bond acceptors (Lipinski definition) is 6. The molecule has 0 amide bonds. The second-order valence-electron chi connectivity index (χ2n) is 7.72. The average molecular weight is 320 g/mol. The number of hydrogen-bond donors (Lipinski definition) is 0. The van der Waals surface area contributed by atoms with Crippen molar-refractivity contribution in [2.24, 2.45) is 35.5 Å². The van der Waals surface area contributed by atoms with Gasteiger partial charge in [0.25, 0.3) is 0 Å². The summed E-state index contributed by atoms with van der Waals surface area (Å²) in [6, 6.07) is 0. The van der Waals surface area contributed by atoms with E-state index in [1.807, 2.05) is 0 Å². The van der Waals surface area contributed by atoms with Gasteiger partial charge >= 0.3 is 17.9 Å². The monoisotopic (exact) mass is 320 g/mol. The normalized spacial score (nSPS) is 51.2. The molecule has 3 heterocycles. The Morgan fingerprint density at radius 1 is 0.826 bits per heavy atom. The molecule has 3 saturated heterocycles. The van der Waals surface area contributed by atoms with Crippen molar-refractivity contribution in [1.82, 2.24) is 0 Å². The van der Waals surface area contributed by atoms with Gasteiger partial charge in [-0.2, -0.15) is 0 Å². The molecule has 8 atom stereocenters. The molecule has 0 bridgehead atoms. The van der Waals surface area contributed by atoms with Crippen molar-refractivity contribution < 1.29 is 28.6 Å². The van der Waals surface area contributed by atoms with E-state index in [1.54, 1.807) is 0 Å². The molecule has 5 aliphatic rings. The first-order valence-electron chi connectivity index (χ1n) is 8.75. The minimum atomic E-state index is -0.334. The maximum atomic E-state index is 12.1. The minimum Gasteiger partial charge on any atom is -0.433 e. The summed E-state index contributed by atoms with van der Waals surface area (Å²) in [5, 5.41) is 0. The third-order valence-electron chi connectivity index (χ3n) is 6.71. The first-order valence-corrected chi connectivity index (χ1v) is 8.75. The number of esters is 3. The van der Waals surface area contributed by atoms with Crippen molar-refractivity contribution in [3.8, 4) is 0 Å². The molecule has 2 saturated carbocycles. The van der Waals surface area contributed by atoms with E-state index in [-0.39, 0.29) is 59.9 Å². The molecule has 0 aromatic heterocycles. The Morgan fingerprint density at radius 2 is 1.70 bits per heavy atom. The van der Waals surface area contributed by atoms with Crippen molar-refractivity contribution in [1.29, 1.82) is 0 Å². The number of rotatable bonds is 1. The topological polar surface area (TPSA) is 82.2 Å². The Balaban J connectivity index is 1.37. The van der Waals surface area contributed by atoms with E-state index in [1.165, 1.54) is 0 Å². The maximum absolute atomic E-state index is 12.1. The third kappa shape index (κ3) is 2.00. The maximum Gasteiger partial charge on any atom is 0.317 e. The van der Waals surface area contributed by atoms with Gasteiger partial charge in [-0.25, -0.2) is 0 Å². The molecule has 2 aliphatic carbocycles. The number of cyclic esters (lactones) is 2. The van der Waals surface area contributed by atoms with E-state index in [0.717, 1.165) is 38.5 Å². The number of epoxide rings is 1. The Labute approximate surface area is 133 Å². The predicted octanol–water partition coefficient (Wildman–Crippen LogP) is 1.42. The van der Waals surface area contributed by atoms with Crippen LogP contribution in [0, 0.1) is 35.5 Å². The number of ether oxygens (including phenoxy) is 3. The Hall–Kier alpha value is -1.43. The highest BCUT2D eigenvalue weighted by Gasteiger charge is 2.60. The van der Waals surface area contributed by atoms with Crippen LogP contribution < -0.4 is 0 Å². The van der Waals surface area contributed by atoms with Crippen LogP contribution in [-0.4, -0.2) is 30.3 Å². The second kappa shape index (κ2) is 4.79. The summed E-state index contributed by atoms with van der Waals surface area (Å²) in [5.74, 6) is -0.517. The molecule has 6 nitrogen and oxygen atoms in total. The summed E-state index contributed by atoms with van der Waals surface area (Å²) in [4.78, 5) is 36.0. The van der Waals surface area contributed by atoms with Crippen LogP contribution in [-0.2, 0) is 28.6 Å². The fourth-order valence-electron chi connectivity index (χ4n) is 5.60. The fraction of sp³-hybridized carbons (Fsp3) is 0.824. The highest BCUT2D eigenvalue weighted by Crippen LogP contribution is 2.53. The standard InChI is InChI=1S/C17H20O6/c18-14-9-5-4-7(6-11(9)13-17(21-13)23-14)8-2-1-3-10-12(8)16(20)22-15(10)19/h7-13,17H,1-6H2. The molecule has 0 spiro atoms. The van der Waals surface area contributed by atoms with Gasteiger partial charge in [-0.05, 0) is 43.9 Å². The van der Waals surface area contributed by atoms with Gasteiger partial charge in [0.05, 0.1) is 17.8 Å². The van der Waals surface area contributed by atoms with Crippen LogP contribution >= 0.6 is 0 Å². The van der Waals surface area contributed by atoms with Gasteiger partial charge in [-0.1, -0.05) is 6.42 Å². The quantitative estimate of drug-likeness (QED) is 0.413. The molecule has 0 N–H and O–H groups in total. The zero-order chi connectivity index (χ0) is 15.7. The van der Waals surface area contributed by atoms with Crippen molar-refractivity contribution in [2.75, 3.05) is 0 Å². The van der Waals surface area contributed by atoms with Crippen molar-refractivity contribution in [2.45, 2.75) is 50.9 Å². The average Bonchev–Trinajstić information content (AvgIpc) is 3.27. The second-order valence-corrected chi connectivity index (χ2v) is 7.72. The van der Waals surface area contributed by atoms with E-state index < -0.39 is 0 Å². The van der Waals surface area contributed by atoms with E-state index in [0.29, 0.717) is 5.92 Å². The lowest BCUT2D eigenvalue weighted by Crippen LogP contribution is -2.44. The first-order chi connectivity index (χ1) is 11.1. The van der Waals surface area contributed by atoms with Crippen LogP contribution in [0.4, 0.5) is 0 Å². The first kappa shape index (κ1) is 14.0. The molecule has 0 aromatic carbocycles. The lowest BCUT2D eigenvalue weighted by atomic mass is 9.61. The summed E-state index contributed by atoms with van der Waals surface area (Å²) in [6.07, 6.45) is 5.06. The third-order valence-corrected chi connectivity index (χ3v) is 6.71. The van der Waals surface area contributed by atoms with Crippen LogP contribution in [0.5, 0.6) is 0 Å². The van der Waals surface area contributed by atoms with Gasteiger partial charge in [0.15, 0.2) is 0 Å². The summed E-state index contributed by atoms with van der Waals surface area (Å²) < 4.78 is 15.6. The molecule has 8 unspecified atom stereocenters. The number of carbonyl (C=O) groups excluding carboxylic acids is 3. The zero-order valence-corrected chi connectivity index (χ0v) is 12.8. The lowest BCUT2D eigenvalue weighted by molar-refractivity contribution is -0.161. The Bertz CT molecular complexity index is 586. The Morgan fingerprint density at radius 3 is 2.57 bits per heavy atom. The van der Waals surface area contributed by atoms with Gasteiger partial charge in [-0.3, -0.25) is 14.4 Å². The lowest BCUT2D eigenvalue weighted by Gasteiger charge is -2.42. The summed E-state index contributed by atoms with van der Waals surface area (Å²) >= 11 is 0. The van der Waals surface area contributed by atoms with E-state index in [9.17, 15) is 14.4 Å². The molecule has 0 radical (unpaired) electrons. The van der Waals surface area contributed by atoms with E-state index >= 15 is 0 Å². The van der Waals surface area contributed by atoms with Crippen molar-refractivity contribution >= 4 is 17.9 Å². The molecule has 6 heteroatoms. The van der Waals surface area contributed by atoms with Gasteiger partial charge in [-0.15, -0.1) is 0 Å². The molecule has 0 aromatic rings. The smallest absolute Gasteiger partial charge is 0.317 e. The molecule has 124 valence electrons. The highest BCUT2D eigenvalue weighted by molar-refractivity contribution is 5.96. The van der Waals surface area contributed by atoms with Gasteiger partial charge in [0, 0.05) is 5.92 Å². The van der Waals surface area contributed by atoms with Crippen molar-refractivity contribution in [3.05, 3.63) is 0 Å². The largest absolute Gasteiger partial charge is 0.433 e. The molecule has 5 rings (SSSR count). The minimum absolute atomic E-state index is 0.0495. The van der Waals surface area contributed by atoms with E-state index in [4.69, 9.17) is 14.2 Å². The highest BCUT2D eigenvalue weighted by atomic mass is 16.8. The zero-order valence-electron chi connectivity index (χ0n) is 12.8. The van der Waals surface area contributed by atoms with Crippen LogP contribution in [0.1, 0.15) is 38.5 Å². The van der Waals surface area contributed by atoms with Crippen LogP contribution in [0.15, 0.2) is 0 Å². The fourth-order valence-corrected chi connectivity index (χ4v) is 5.60. The summed E-state index contributed by atoms with van der Waals surface area (Å²) in [6.45, 7) is 0. The molecule has 3 aliphatic heterocycles. The van der Waals surface area contributed by atoms with E-state index in [2.05, 4.69) is 0 Å². The van der Waals surface area contributed by atoms with Gasteiger partial charge in [0.2, 0.25) is 6.29 Å². The van der Waals surface area contributed by atoms with Gasteiger partial charge in [0.1, 0.15) is 6.10 Å². The summed E-state index contributed by atoms with van der Waals surface area (Å²) in [5.41, 5.74) is 0. The Kier molecular flexibility index (Phi) is 2.90. The van der Waals surface area contributed by atoms with Crippen LogP contribution in [0.3, 0.4) is 0 Å². The molecular weight excluding hydrogens is 300 g/mol. The number of fused-ring (bicyclic) bond motifs is 4. The molecule has 23 heavy (non-hydrogen) atoms. The van der Waals surface area contributed by atoms with Gasteiger partial charge < -0.3 is 14.2 Å². The summed E-state index contributed by atoms with van der Waals surface area (Å²) in [7, 11) is 0. The number of carbonyl (C=O) groups is 3. The van der Waals surface area contributed by atoms with Crippen molar-refractivity contribution in [3.63, 3.8) is 0 Å². The molecule has 5 fully saturated rings. The van der Waals surface area contributed by atoms with Crippen LogP contribution in [0.2, 0.25) is 0 Å². The predicted molar refractivity (Wildman–Crippen MR) is 74.5 cm³/mol. The van der Waals surface area contributed by atoms with Crippen LogP contribution in [0.25, 0.3) is 0 Å².